The molecule has 35 heavy (non-hydrogen) atoms. The fourth-order valence-corrected chi connectivity index (χ4v) is 4.16. The van der Waals surface area contributed by atoms with E-state index in [0.717, 1.165) is 22.4 Å². The van der Waals surface area contributed by atoms with Gasteiger partial charge in [0.15, 0.2) is 11.0 Å². The fraction of sp³-hybridized carbons (Fsp3) is 0.154. The topological polar surface area (TPSA) is 98.1 Å². The molecule has 0 aliphatic rings. The number of rotatable bonds is 8. The smallest absolute Gasteiger partial charge is 0.321 e. The molecule has 0 fully saturated rings. The number of thioether (sulfide) groups is 1. The number of methoxy groups -OCH3 is 1. The molecule has 0 radical (unpaired) electrons. The monoisotopic (exact) mass is 487 g/mol. The van der Waals surface area contributed by atoms with Crippen LogP contribution in [0.2, 0.25) is 0 Å². The third kappa shape index (κ3) is 6.07. The van der Waals surface area contributed by atoms with Gasteiger partial charge in [0.2, 0.25) is 5.91 Å². The number of urea groups is 1. The predicted molar refractivity (Wildman–Crippen MR) is 136 cm³/mol. The molecule has 0 aliphatic carbocycles. The van der Waals surface area contributed by atoms with E-state index in [2.05, 4.69) is 20.8 Å². The van der Waals surface area contributed by atoms with E-state index in [-0.39, 0.29) is 5.75 Å². The van der Waals surface area contributed by atoms with Gasteiger partial charge in [-0.25, -0.2) is 4.79 Å². The van der Waals surface area contributed by atoms with Crippen LogP contribution >= 0.6 is 11.8 Å². The summed E-state index contributed by atoms with van der Waals surface area (Å²) in [7, 11) is 1.61. The molecule has 178 valence electrons. The van der Waals surface area contributed by atoms with E-state index >= 15 is 0 Å². The van der Waals surface area contributed by atoms with Crippen LogP contribution in [0.25, 0.3) is 17.1 Å². The van der Waals surface area contributed by atoms with Crippen molar-refractivity contribution in [3.8, 4) is 22.8 Å². The summed E-state index contributed by atoms with van der Waals surface area (Å²) in [5.41, 5.74) is 3.69. The number of aryl methyl sites for hydroxylation is 1. The maximum atomic E-state index is 12.4. The van der Waals surface area contributed by atoms with Crippen LogP contribution in [0.3, 0.4) is 0 Å². The van der Waals surface area contributed by atoms with E-state index in [1.165, 1.54) is 11.8 Å². The number of aromatic nitrogens is 3. The third-order valence-corrected chi connectivity index (χ3v) is 6.08. The SMILES string of the molecule is COc1ccccc1-c1nnc(SCC(=O)NC(=O)NCc2ccccc2)n1-c1ccc(C)cc1. The van der Waals surface area contributed by atoms with E-state index in [4.69, 9.17) is 4.74 Å². The Bertz CT molecular complexity index is 1310. The van der Waals surface area contributed by atoms with Gasteiger partial charge in [0.1, 0.15) is 5.75 Å². The number of nitrogens with one attached hydrogen (secondary N) is 2. The van der Waals surface area contributed by atoms with Crippen molar-refractivity contribution in [2.75, 3.05) is 12.9 Å². The number of amides is 3. The minimum Gasteiger partial charge on any atom is -0.496 e. The number of hydrogen-bond donors (Lipinski definition) is 2. The van der Waals surface area contributed by atoms with Gasteiger partial charge in [-0.3, -0.25) is 14.7 Å². The Kier molecular flexibility index (Phi) is 7.79. The van der Waals surface area contributed by atoms with Gasteiger partial charge in [-0.1, -0.05) is 71.9 Å². The fourth-order valence-electron chi connectivity index (χ4n) is 3.41. The van der Waals surface area contributed by atoms with Gasteiger partial charge in [0.25, 0.3) is 0 Å². The molecule has 1 aromatic heterocycles. The van der Waals surface area contributed by atoms with Crippen LogP contribution in [0.15, 0.2) is 84.0 Å². The van der Waals surface area contributed by atoms with E-state index in [9.17, 15) is 9.59 Å². The van der Waals surface area contributed by atoms with Crippen LogP contribution in [0.5, 0.6) is 5.75 Å². The van der Waals surface area contributed by atoms with Gasteiger partial charge in [-0.2, -0.15) is 0 Å². The van der Waals surface area contributed by atoms with Crippen molar-refractivity contribution < 1.29 is 14.3 Å². The largest absolute Gasteiger partial charge is 0.496 e. The Morgan fingerprint density at radius 1 is 0.943 bits per heavy atom. The molecule has 0 saturated heterocycles. The Labute approximate surface area is 207 Å². The summed E-state index contributed by atoms with van der Waals surface area (Å²) in [6, 6.07) is 24.4. The lowest BCUT2D eigenvalue weighted by molar-refractivity contribution is -0.117. The highest BCUT2D eigenvalue weighted by Gasteiger charge is 2.20. The second-order valence-corrected chi connectivity index (χ2v) is 8.63. The molecule has 2 N–H and O–H groups in total. The van der Waals surface area contributed by atoms with E-state index in [1.807, 2.05) is 90.4 Å². The predicted octanol–water partition coefficient (Wildman–Crippen LogP) is 4.37. The van der Waals surface area contributed by atoms with Gasteiger partial charge in [0, 0.05) is 12.2 Å². The lowest BCUT2D eigenvalue weighted by Gasteiger charge is -2.13. The molecule has 0 atom stereocenters. The molecule has 4 rings (SSSR count). The Morgan fingerprint density at radius 3 is 2.40 bits per heavy atom. The van der Waals surface area contributed by atoms with Gasteiger partial charge >= 0.3 is 6.03 Å². The van der Waals surface area contributed by atoms with Crippen molar-refractivity contribution in [1.82, 2.24) is 25.4 Å². The number of nitrogens with zero attached hydrogens (tertiary/aromatic N) is 3. The van der Waals surface area contributed by atoms with E-state index < -0.39 is 11.9 Å². The maximum absolute atomic E-state index is 12.4. The van der Waals surface area contributed by atoms with Crippen LogP contribution in [0, 0.1) is 6.92 Å². The van der Waals surface area contributed by atoms with E-state index in [1.54, 1.807) is 7.11 Å². The zero-order valence-corrected chi connectivity index (χ0v) is 20.2. The Morgan fingerprint density at radius 2 is 1.66 bits per heavy atom. The minimum absolute atomic E-state index is 0.00528. The molecule has 9 heteroatoms. The second kappa shape index (κ2) is 11.3. The highest BCUT2D eigenvalue weighted by atomic mass is 32.2. The first kappa shape index (κ1) is 24.0. The number of carbonyl (C=O) groups is 2. The molecular formula is C26H25N5O3S. The lowest BCUT2D eigenvalue weighted by atomic mass is 10.1. The van der Waals surface area contributed by atoms with Crippen LogP contribution < -0.4 is 15.4 Å². The standard InChI is InChI=1S/C26H25N5O3S/c1-18-12-14-20(15-13-18)31-24(21-10-6-7-11-22(21)34-2)29-30-26(31)35-17-23(32)28-25(33)27-16-19-8-4-3-5-9-19/h3-15H,16-17H2,1-2H3,(H2,27,28,32,33). The van der Waals surface area contributed by atoms with Gasteiger partial charge in [-0.15, -0.1) is 10.2 Å². The van der Waals surface area contributed by atoms with Crippen molar-refractivity contribution >= 4 is 23.7 Å². The average molecular weight is 488 g/mol. The lowest BCUT2D eigenvalue weighted by Crippen LogP contribution is -2.40. The Balaban J connectivity index is 1.49. The number of ether oxygens (including phenoxy) is 1. The molecule has 0 unspecified atom stereocenters. The van der Waals surface area contributed by atoms with Crippen LogP contribution in [-0.4, -0.2) is 39.6 Å². The number of carbonyl (C=O) groups excluding carboxylic acids is 2. The van der Waals surface area contributed by atoms with Gasteiger partial charge in [0.05, 0.1) is 18.4 Å². The summed E-state index contributed by atoms with van der Waals surface area (Å²) in [6.07, 6.45) is 0. The summed E-state index contributed by atoms with van der Waals surface area (Å²) in [5.74, 6) is 0.819. The van der Waals surface area contributed by atoms with Crippen molar-refractivity contribution in [3.63, 3.8) is 0 Å². The molecule has 3 amide bonds. The van der Waals surface area contributed by atoms with Crippen molar-refractivity contribution in [3.05, 3.63) is 90.0 Å². The van der Waals surface area contributed by atoms with Crippen LogP contribution in [0.4, 0.5) is 4.79 Å². The molecule has 0 aliphatic heterocycles. The maximum Gasteiger partial charge on any atom is 0.321 e. The van der Waals surface area contributed by atoms with Crippen LogP contribution in [0.1, 0.15) is 11.1 Å². The molecule has 0 saturated carbocycles. The first-order valence-corrected chi connectivity index (χ1v) is 11.9. The number of imide groups is 1. The Hall–Kier alpha value is -4.11. The highest BCUT2D eigenvalue weighted by molar-refractivity contribution is 7.99. The zero-order valence-electron chi connectivity index (χ0n) is 19.4. The summed E-state index contributed by atoms with van der Waals surface area (Å²) in [4.78, 5) is 24.6. The summed E-state index contributed by atoms with van der Waals surface area (Å²) in [6.45, 7) is 2.34. The zero-order chi connectivity index (χ0) is 24.6. The quantitative estimate of drug-likeness (QED) is 0.358. The first-order valence-electron chi connectivity index (χ1n) is 11.0. The summed E-state index contributed by atoms with van der Waals surface area (Å²) >= 11 is 1.20. The van der Waals surface area contributed by atoms with Gasteiger partial charge in [-0.05, 0) is 36.8 Å². The van der Waals surface area contributed by atoms with Crippen molar-refractivity contribution in [1.29, 1.82) is 0 Å². The minimum atomic E-state index is -0.547. The molecule has 1 heterocycles. The normalized spacial score (nSPS) is 10.6. The molecule has 0 bridgehead atoms. The van der Waals surface area contributed by atoms with Crippen LogP contribution in [-0.2, 0) is 11.3 Å². The number of benzene rings is 3. The van der Waals surface area contributed by atoms with E-state index in [0.29, 0.717) is 23.3 Å². The first-order chi connectivity index (χ1) is 17.0. The van der Waals surface area contributed by atoms with Crippen molar-refractivity contribution in [2.45, 2.75) is 18.6 Å². The molecule has 8 nitrogen and oxygen atoms in total. The molecule has 0 spiro atoms. The highest BCUT2D eigenvalue weighted by Crippen LogP contribution is 2.33. The second-order valence-electron chi connectivity index (χ2n) is 7.68. The molecular weight excluding hydrogens is 462 g/mol. The molecule has 3 aromatic carbocycles. The summed E-state index contributed by atoms with van der Waals surface area (Å²) in [5, 5.41) is 14.3. The van der Waals surface area contributed by atoms with Crippen molar-refractivity contribution in [2.24, 2.45) is 0 Å². The number of hydrogen-bond acceptors (Lipinski definition) is 6. The third-order valence-electron chi connectivity index (χ3n) is 5.15. The average Bonchev–Trinajstić information content (AvgIpc) is 3.31. The molecule has 4 aromatic rings. The number of para-hydroxylation sites is 1. The summed E-state index contributed by atoms with van der Waals surface area (Å²) < 4.78 is 7.40. The van der Waals surface area contributed by atoms with Gasteiger partial charge < -0.3 is 10.1 Å².